The van der Waals surface area contributed by atoms with Crippen LogP contribution in [0.4, 0.5) is 0 Å². The lowest BCUT2D eigenvalue weighted by Crippen LogP contribution is -2.18. The van der Waals surface area contributed by atoms with E-state index in [1.54, 1.807) is 25.6 Å². The summed E-state index contributed by atoms with van der Waals surface area (Å²) in [6.07, 6.45) is 1.91. The third-order valence-corrected chi connectivity index (χ3v) is 4.99. The smallest absolute Gasteiger partial charge is 0.161 e. The van der Waals surface area contributed by atoms with E-state index in [0.29, 0.717) is 0 Å². The molecule has 1 aromatic carbocycles. The summed E-state index contributed by atoms with van der Waals surface area (Å²) in [5.41, 5.74) is 1.12. The van der Waals surface area contributed by atoms with Crippen molar-refractivity contribution in [2.45, 2.75) is 26.4 Å². The fourth-order valence-corrected chi connectivity index (χ4v) is 3.22. The lowest BCUT2D eigenvalue weighted by Gasteiger charge is -2.15. The number of hydrogen-bond acceptors (Lipinski definition) is 5. The maximum atomic E-state index is 5.34. The number of benzene rings is 1. The van der Waals surface area contributed by atoms with Gasteiger partial charge in [0.05, 0.1) is 20.3 Å². The summed E-state index contributed by atoms with van der Waals surface area (Å²) in [7, 11) is 3.28. The molecule has 1 aromatic heterocycles. The van der Waals surface area contributed by atoms with Crippen LogP contribution in [-0.2, 0) is 6.54 Å². The zero-order valence-corrected chi connectivity index (χ0v) is 15.0. The molecule has 6 heteroatoms. The molecule has 0 radical (unpaired) electrons. The van der Waals surface area contributed by atoms with Gasteiger partial charge < -0.3 is 14.8 Å². The Morgan fingerprint density at radius 3 is 2.52 bits per heavy atom. The molecule has 0 fully saturated rings. The Hall–Kier alpha value is -1.11. The van der Waals surface area contributed by atoms with Gasteiger partial charge in [0.1, 0.15) is 5.01 Å². The molecule has 1 N–H and O–H groups in total. The van der Waals surface area contributed by atoms with E-state index in [9.17, 15) is 0 Å². The highest BCUT2D eigenvalue weighted by Gasteiger charge is 2.12. The molecule has 0 bridgehead atoms. The highest BCUT2D eigenvalue weighted by molar-refractivity contribution is 9.10. The minimum absolute atomic E-state index is 0.212. The zero-order valence-electron chi connectivity index (χ0n) is 12.6. The predicted octanol–water partition coefficient (Wildman–Crippen LogP) is 4.08. The van der Waals surface area contributed by atoms with Crippen LogP contribution < -0.4 is 14.8 Å². The predicted molar refractivity (Wildman–Crippen MR) is 89.4 cm³/mol. The van der Waals surface area contributed by atoms with Crippen LogP contribution in [0.5, 0.6) is 11.5 Å². The van der Waals surface area contributed by atoms with Crippen molar-refractivity contribution in [3.8, 4) is 11.5 Å². The largest absolute Gasteiger partial charge is 0.493 e. The van der Waals surface area contributed by atoms with E-state index in [4.69, 9.17) is 9.47 Å². The van der Waals surface area contributed by atoms with Crippen molar-refractivity contribution < 1.29 is 9.47 Å². The summed E-state index contributed by atoms with van der Waals surface area (Å²) in [4.78, 5) is 5.64. The number of nitrogens with zero attached hydrogens (tertiary/aromatic N) is 1. The first-order chi connectivity index (χ1) is 10.0. The van der Waals surface area contributed by atoms with Crippen LogP contribution in [0.1, 0.15) is 28.4 Å². The number of nitrogens with one attached hydrogen (secondary N) is 1. The minimum Gasteiger partial charge on any atom is -0.493 e. The number of halogens is 1. The zero-order chi connectivity index (χ0) is 15.4. The average molecular weight is 371 g/mol. The lowest BCUT2D eigenvalue weighted by molar-refractivity contribution is 0.354. The van der Waals surface area contributed by atoms with Gasteiger partial charge in [-0.15, -0.1) is 11.3 Å². The summed E-state index contributed by atoms with van der Waals surface area (Å²) < 4.78 is 11.6. The first-order valence-corrected chi connectivity index (χ1v) is 8.22. The van der Waals surface area contributed by atoms with Gasteiger partial charge in [0.15, 0.2) is 11.5 Å². The second-order valence-corrected chi connectivity index (χ2v) is 6.83. The molecule has 0 amide bonds. The van der Waals surface area contributed by atoms with Crippen LogP contribution in [-0.4, -0.2) is 19.2 Å². The van der Waals surface area contributed by atoms with Crippen LogP contribution in [0.2, 0.25) is 0 Å². The number of thiazole rings is 1. The molecule has 2 rings (SSSR count). The van der Waals surface area contributed by atoms with Gasteiger partial charge in [-0.3, -0.25) is 0 Å². The Morgan fingerprint density at radius 2 is 1.95 bits per heavy atom. The van der Waals surface area contributed by atoms with E-state index in [-0.39, 0.29) is 6.04 Å². The quantitative estimate of drug-likeness (QED) is 0.831. The van der Waals surface area contributed by atoms with Crippen LogP contribution in [0, 0.1) is 6.92 Å². The topological polar surface area (TPSA) is 43.4 Å². The van der Waals surface area contributed by atoms with Gasteiger partial charge in [-0.1, -0.05) is 15.9 Å². The fraction of sp³-hybridized carbons (Fsp3) is 0.400. The van der Waals surface area contributed by atoms with Gasteiger partial charge in [-0.2, -0.15) is 0 Å². The third kappa shape index (κ3) is 3.96. The van der Waals surface area contributed by atoms with Crippen molar-refractivity contribution in [1.82, 2.24) is 10.3 Å². The van der Waals surface area contributed by atoms with Crippen LogP contribution in [0.25, 0.3) is 0 Å². The molecule has 1 heterocycles. The summed E-state index contributed by atoms with van der Waals surface area (Å²) in [6.45, 7) is 4.91. The maximum Gasteiger partial charge on any atom is 0.161 e. The molecule has 0 aliphatic carbocycles. The molecule has 21 heavy (non-hydrogen) atoms. The Kier molecular flexibility index (Phi) is 5.61. The van der Waals surface area contributed by atoms with Gasteiger partial charge in [-0.25, -0.2) is 4.98 Å². The van der Waals surface area contributed by atoms with Crippen molar-refractivity contribution in [1.29, 1.82) is 0 Å². The van der Waals surface area contributed by atoms with Gasteiger partial charge in [0, 0.05) is 22.1 Å². The number of aromatic nitrogens is 1. The van der Waals surface area contributed by atoms with Crippen molar-refractivity contribution in [3.05, 3.63) is 38.3 Å². The van der Waals surface area contributed by atoms with E-state index >= 15 is 0 Å². The molecular formula is C15H19BrN2O2S. The monoisotopic (exact) mass is 370 g/mol. The van der Waals surface area contributed by atoms with E-state index in [1.807, 2.05) is 18.3 Å². The lowest BCUT2D eigenvalue weighted by atomic mass is 10.2. The Balaban J connectivity index is 2.09. The molecule has 0 aliphatic heterocycles. The second-order valence-electron chi connectivity index (χ2n) is 4.71. The molecule has 1 atom stereocenters. The van der Waals surface area contributed by atoms with E-state index in [2.05, 4.69) is 40.1 Å². The van der Waals surface area contributed by atoms with E-state index in [0.717, 1.165) is 33.1 Å². The minimum atomic E-state index is 0.212. The standard InChI is InChI=1S/C15H19BrN2O2S/c1-9-7-18-15(21-9)10(2)17-8-11-5-13(19-3)14(20-4)6-12(11)16/h5-7,10,17H,8H2,1-4H3. The summed E-state index contributed by atoms with van der Waals surface area (Å²) in [5, 5.41) is 4.58. The number of methoxy groups -OCH3 is 2. The SMILES string of the molecule is COc1cc(Br)c(CNC(C)c2ncc(C)s2)cc1OC. The van der Waals surface area contributed by atoms with Gasteiger partial charge in [-0.05, 0) is 31.5 Å². The van der Waals surface area contributed by atoms with Crippen LogP contribution in [0.15, 0.2) is 22.8 Å². The molecule has 0 spiro atoms. The normalized spacial score (nSPS) is 12.2. The molecule has 114 valence electrons. The summed E-state index contributed by atoms with van der Waals surface area (Å²) in [6, 6.07) is 4.12. The van der Waals surface area contributed by atoms with Crippen molar-refractivity contribution in [2.24, 2.45) is 0 Å². The van der Waals surface area contributed by atoms with Crippen LogP contribution >= 0.6 is 27.3 Å². The maximum absolute atomic E-state index is 5.34. The number of hydrogen-bond donors (Lipinski definition) is 1. The molecular weight excluding hydrogens is 352 g/mol. The summed E-state index contributed by atoms with van der Waals surface area (Å²) in [5.74, 6) is 1.45. The molecule has 4 nitrogen and oxygen atoms in total. The Morgan fingerprint density at radius 1 is 1.29 bits per heavy atom. The Labute approximate surface area is 137 Å². The van der Waals surface area contributed by atoms with E-state index in [1.165, 1.54) is 4.88 Å². The first-order valence-electron chi connectivity index (χ1n) is 6.61. The molecule has 0 aliphatic rings. The van der Waals surface area contributed by atoms with Gasteiger partial charge >= 0.3 is 0 Å². The number of ether oxygens (including phenoxy) is 2. The molecule has 1 unspecified atom stereocenters. The van der Waals surface area contributed by atoms with Gasteiger partial charge in [0.25, 0.3) is 0 Å². The highest BCUT2D eigenvalue weighted by atomic mass is 79.9. The van der Waals surface area contributed by atoms with Gasteiger partial charge in [0.2, 0.25) is 0 Å². The number of rotatable bonds is 6. The number of aryl methyl sites for hydroxylation is 1. The fourth-order valence-electron chi connectivity index (χ4n) is 1.95. The van der Waals surface area contributed by atoms with Crippen LogP contribution in [0.3, 0.4) is 0 Å². The Bertz CT molecular complexity index is 616. The average Bonchev–Trinajstić information content (AvgIpc) is 2.91. The molecule has 0 saturated carbocycles. The first kappa shape index (κ1) is 16.3. The second kappa shape index (κ2) is 7.24. The van der Waals surface area contributed by atoms with Crippen molar-refractivity contribution in [3.63, 3.8) is 0 Å². The highest BCUT2D eigenvalue weighted by Crippen LogP contribution is 2.33. The third-order valence-electron chi connectivity index (χ3n) is 3.16. The van der Waals surface area contributed by atoms with Crippen molar-refractivity contribution >= 4 is 27.3 Å². The van der Waals surface area contributed by atoms with Crippen molar-refractivity contribution in [2.75, 3.05) is 14.2 Å². The van der Waals surface area contributed by atoms with E-state index < -0.39 is 0 Å². The molecule has 0 saturated heterocycles. The molecule has 2 aromatic rings. The summed E-state index contributed by atoms with van der Waals surface area (Å²) >= 11 is 5.29.